The van der Waals surface area contributed by atoms with Gasteiger partial charge < -0.3 is 5.73 Å². The lowest BCUT2D eigenvalue weighted by Gasteiger charge is -2.37. The Labute approximate surface area is 81.9 Å². The SMILES string of the molecule is CCC(C)C(C)(C(N)=O)C(C)CC. The molecule has 78 valence electrons. The molecule has 0 saturated carbocycles. The molecule has 0 aliphatic rings. The Kier molecular flexibility index (Phi) is 4.45. The quantitative estimate of drug-likeness (QED) is 0.703. The molecule has 0 aliphatic carbocycles. The van der Waals surface area contributed by atoms with E-state index in [1.165, 1.54) is 0 Å². The summed E-state index contributed by atoms with van der Waals surface area (Å²) in [6.07, 6.45) is 2.01. The van der Waals surface area contributed by atoms with Gasteiger partial charge in [-0.1, -0.05) is 47.5 Å². The lowest BCUT2D eigenvalue weighted by Crippen LogP contribution is -2.44. The van der Waals surface area contributed by atoms with Crippen molar-refractivity contribution in [3.8, 4) is 0 Å². The maximum absolute atomic E-state index is 11.4. The Morgan fingerprint density at radius 2 is 1.54 bits per heavy atom. The number of carbonyl (C=O) groups is 1. The summed E-state index contributed by atoms with van der Waals surface area (Å²) < 4.78 is 0. The summed E-state index contributed by atoms with van der Waals surface area (Å²) in [6.45, 7) is 10.4. The van der Waals surface area contributed by atoms with E-state index in [1.807, 2.05) is 6.92 Å². The highest BCUT2D eigenvalue weighted by atomic mass is 16.1. The Morgan fingerprint density at radius 1 is 1.23 bits per heavy atom. The highest BCUT2D eigenvalue weighted by Crippen LogP contribution is 2.38. The van der Waals surface area contributed by atoms with Crippen LogP contribution in [0.1, 0.15) is 47.5 Å². The van der Waals surface area contributed by atoms with Gasteiger partial charge in [0, 0.05) is 0 Å². The van der Waals surface area contributed by atoms with Crippen molar-refractivity contribution in [3.05, 3.63) is 0 Å². The number of hydrogen-bond donors (Lipinski definition) is 1. The fourth-order valence-electron chi connectivity index (χ4n) is 1.82. The summed E-state index contributed by atoms with van der Waals surface area (Å²) in [5.41, 5.74) is 5.14. The minimum Gasteiger partial charge on any atom is -0.369 e. The summed E-state index contributed by atoms with van der Waals surface area (Å²) in [5, 5.41) is 0. The average molecular weight is 185 g/mol. The number of amides is 1. The first-order chi connectivity index (χ1) is 5.91. The second-order valence-corrected chi connectivity index (χ2v) is 4.27. The second kappa shape index (κ2) is 4.64. The van der Waals surface area contributed by atoms with Crippen LogP contribution in [0.3, 0.4) is 0 Å². The van der Waals surface area contributed by atoms with Crippen molar-refractivity contribution in [1.29, 1.82) is 0 Å². The van der Waals surface area contributed by atoms with Gasteiger partial charge in [0.2, 0.25) is 5.91 Å². The van der Waals surface area contributed by atoms with Crippen molar-refractivity contribution in [3.63, 3.8) is 0 Å². The van der Waals surface area contributed by atoms with Crippen LogP contribution in [0.15, 0.2) is 0 Å². The molecule has 0 aromatic heterocycles. The van der Waals surface area contributed by atoms with Crippen LogP contribution in [0.25, 0.3) is 0 Å². The lowest BCUT2D eigenvalue weighted by atomic mass is 9.67. The van der Waals surface area contributed by atoms with Crippen molar-refractivity contribution in [2.24, 2.45) is 23.0 Å². The molecule has 0 radical (unpaired) electrons. The van der Waals surface area contributed by atoms with Crippen LogP contribution >= 0.6 is 0 Å². The number of rotatable bonds is 5. The molecule has 0 saturated heterocycles. The number of primary amides is 1. The molecule has 13 heavy (non-hydrogen) atoms. The van der Waals surface area contributed by atoms with Gasteiger partial charge >= 0.3 is 0 Å². The molecule has 0 spiro atoms. The molecule has 1 amide bonds. The first kappa shape index (κ1) is 12.5. The molecule has 0 aromatic rings. The third kappa shape index (κ3) is 2.23. The Balaban J connectivity index is 4.82. The van der Waals surface area contributed by atoms with Crippen molar-refractivity contribution in [2.45, 2.75) is 47.5 Å². The van der Waals surface area contributed by atoms with E-state index in [0.29, 0.717) is 11.8 Å². The Hall–Kier alpha value is -0.530. The molecule has 2 unspecified atom stereocenters. The maximum Gasteiger partial charge on any atom is 0.223 e. The smallest absolute Gasteiger partial charge is 0.223 e. The molecule has 0 rings (SSSR count). The highest BCUT2D eigenvalue weighted by Gasteiger charge is 2.40. The molecular weight excluding hydrogens is 162 g/mol. The topological polar surface area (TPSA) is 43.1 Å². The van der Waals surface area contributed by atoms with Gasteiger partial charge in [-0.25, -0.2) is 0 Å². The molecule has 0 fully saturated rings. The van der Waals surface area contributed by atoms with Gasteiger partial charge in [0.25, 0.3) is 0 Å². The first-order valence-electron chi connectivity index (χ1n) is 5.21. The number of carbonyl (C=O) groups excluding carboxylic acids is 1. The van der Waals surface area contributed by atoms with Crippen LogP contribution in [-0.4, -0.2) is 5.91 Å². The van der Waals surface area contributed by atoms with E-state index in [0.717, 1.165) is 12.8 Å². The Morgan fingerprint density at radius 3 is 1.69 bits per heavy atom. The zero-order valence-corrected chi connectivity index (χ0v) is 9.55. The van der Waals surface area contributed by atoms with Crippen LogP contribution in [0.4, 0.5) is 0 Å². The zero-order chi connectivity index (χ0) is 10.6. The predicted octanol–water partition coefficient (Wildman–Crippen LogP) is 2.57. The van der Waals surface area contributed by atoms with Crippen molar-refractivity contribution in [1.82, 2.24) is 0 Å². The molecule has 2 atom stereocenters. The molecule has 2 N–H and O–H groups in total. The van der Waals surface area contributed by atoms with Crippen LogP contribution < -0.4 is 5.73 Å². The van der Waals surface area contributed by atoms with Crippen molar-refractivity contribution < 1.29 is 4.79 Å². The van der Waals surface area contributed by atoms with E-state index < -0.39 is 0 Å². The second-order valence-electron chi connectivity index (χ2n) is 4.27. The first-order valence-corrected chi connectivity index (χ1v) is 5.21. The minimum absolute atomic E-state index is 0.156. The predicted molar refractivity (Wildman–Crippen MR) is 56.2 cm³/mol. The van der Waals surface area contributed by atoms with E-state index in [1.54, 1.807) is 0 Å². The molecule has 2 heteroatoms. The van der Waals surface area contributed by atoms with E-state index in [-0.39, 0.29) is 11.3 Å². The lowest BCUT2D eigenvalue weighted by molar-refractivity contribution is -0.133. The average Bonchev–Trinajstić information content (AvgIpc) is 2.13. The summed E-state index contributed by atoms with van der Waals surface area (Å²) >= 11 is 0. The van der Waals surface area contributed by atoms with Gasteiger partial charge in [-0.15, -0.1) is 0 Å². The monoisotopic (exact) mass is 185 g/mol. The van der Waals surface area contributed by atoms with E-state index >= 15 is 0 Å². The number of hydrogen-bond acceptors (Lipinski definition) is 1. The van der Waals surface area contributed by atoms with Gasteiger partial charge in [0.15, 0.2) is 0 Å². The standard InChI is InChI=1S/C11H23NO/c1-6-8(3)11(5,10(12)13)9(4)7-2/h8-9H,6-7H2,1-5H3,(H2,12,13). The molecule has 0 heterocycles. The Bertz CT molecular complexity index is 167. The molecule has 2 nitrogen and oxygen atoms in total. The van der Waals surface area contributed by atoms with Crippen molar-refractivity contribution in [2.75, 3.05) is 0 Å². The van der Waals surface area contributed by atoms with Crippen LogP contribution in [0.2, 0.25) is 0 Å². The van der Waals surface area contributed by atoms with E-state index in [2.05, 4.69) is 27.7 Å². The molecule has 0 aromatic carbocycles. The van der Waals surface area contributed by atoms with Crippen molar-refractivity contribution >= 4 is 5.91 Å². The molecule has 0 bridgehead atoms. The summed E-state index contributed by atoms with van der Waals surface area (Å²) in [7, 11) is 0. The fraction of sp³-hybridized carbons (Fsp3) is 0.909. The van der Waals surface area contributed by atoms with Gasteiger partial charge in [-0.05, 0) is 11.8 Å². The van der Waals surface area contributed by atoms with Gasteiger partial charge in [-0.3, -0.25) is 4.79 Å². The van der Waals surface area contributed by atoms with E-state index in [4.69, 9.17) is 5.73 Å². The third-order valence-corrected chi connectivity index (χ3v) is 3.80. The number of nitrogens with two attached hydrogens (primary N) is 1. The normalized spacial score (nSPS) is 20.4. The third-order valence-electron chi connectivity index (χ3n) is 3.80. The summed E-state index contributed by atoms with van der Waals surface area (Å²) in [6, 6.07) is 0. The minimum atomic E-state index is -0.344. The van der Waals surface area contributed by atoms with E-state index in [9.17, 15) is 4.79 Å². The van der Waals surface area contributed by atoms with Crippen LogP contribution in [0.5, 0.6) is 0 Å². The fourth-order valence-corrected chi connectivity index (χ4v) is 1.82. The maximum atomic E-state index is 11.4. The van der Waals surface area contributed by atoms with Gasteiger partial charge in [-0.2, -0.15) is 0 Å². The largest absolute Gasteiger partial charge is 0.369 e. The molecule has 0 aliphatic heterocycles. The van der Waals surface area contributed by atoms with Crippen LogP contribution in [-0.2, 0) is 4.79 Å². The molecular formula is C11H23NO. The van der Waals surface area contributed by atoms with Crippen LogP contribution in [0, 0.1) is 17.3 Å². The van der Waals surface area contributed by atoms with Gasteiger partial charge in [0.1, 0.15) is 0 Å². The summed E-state index contributed by atoms with van der Waals surface area (Å²) in [4.78, 5) is 11.4. The zero-order valence-electron chi connectivity index (χ0n) is 9.55. The highest BCUT2D eigenvalue weighted by molar-refractivity contribution is 5.81. The van der Waals surface area contributed by atoms with Gasteiger partial charge in [0.05, 0.1) is 5.41 Å². The summed E-state index contributed by atoms with van der Waals surface area (Å²) in [5.74, 6) is 0.566.